The lowest BCUT2D eigenvalue weighted by atomic mass is 10.1. The molecule has 0 aliphatic heterocycles. The van der Waals surface area contributed by atoms with Gasteiger partial charge in [-0.05, 0) is 42.3 Å². The second-order valence-electron chi connectivity index (χ2n) is 5.14. The number of ether oxygens (including phenoxy) is 1. The van der Waals surface area contributed by atoms with Crippen molar-refractivity contribution in [2.24, 2.45) is 0 Å². The van der Waals surface area contributed by atoms with Crippen LogP contribution in [0.4, 0.5) is 5.69 Å². The van der Waals surface area contributed by atoms with Crippen LogP contribution in [0.2, 0.25) is 0 Å². The maximum Gasteiger partial charge on any atom is 0.347 e. The van der Waals surface area contributed by atoms with Gasteiger partial charge in [0.05, 0.1) is 18.2 Å². The fourth-order valence-electron chi connectivity index (χ4n) is 2.33. The van der Waals surface area contributed by atoms with E-state index in [0.29, 0.717) is 16.6 Å². The highest BCUT2D eigenvalue weighted by Gasteiger charge is 2.08. The van der Waals surface area contributed by atoms with E-state index in [2.05, 4.69) is 4.98 Å². The Bertz CT molecular complexity index is 958. The molecule has 0 atom stereocenters. The van der Waals surface area contributed by atoms with Crippen molar-refractivity contribution in [1.82, 2.24) is 4.98 Å². The van der Waals surface area contributed by atoms with Crippen molar-refractivity contribution in [1.29, 1.82) is 0 Å². The van der Waals surface area contributed by atoms with Gasteiger partial charge in [-0.1, -0.05) is 18.2 Å². The van der Waals surface area contributed by atoms with Gasteiger partial charge < -0.3 is 14.9 Å². The number of methoxy groups -OCH3 is 1. The third-order valence-electron chi connectivity index (χ3n) is 3.57. The molecule has 116 valence electrons. The quantitative estimate of drug-likeness (QED) is 0.751. The third kappa shape index (κ3) is 2.94. The number of rotatable bonds is 3. The molecule has 1 heterocycles. The van der Waals surface area contributed by atoms with Crippen LogP contribution in [0.25, 0.3) is 22.6 Å². The average molecular weight is 308 g/mol. The van der Waals surface area contributed by atoms with Crippen LogP contribution < -0.4 is 16.1 Å². The van der Waals surface area contributed by atoms with Crippen LogP contribution in [0, 0.1) is 0 Å². The molecule has 1 aromatic heterocycles. The van der Waals surface area contributed by atoms with Gasteiger partial charge in [0.15, 0.2) is 0 Å². The largest absolute Gasteiger partial charge is 0.497 e. The predicted octanol–water partition coefficient (Wildman–Crippen LogP) is 3.34. The molecule has 0 aliphatic carbocycles. The summed E-state index contributed by atoms with van der Waals surface area (Å²) in [7, 11) is 1.62. The molecule has 0 fully saturated rings. The summed E-state index contributed by atoms with van der Waals surface area (Å²) in [6.07, 6.45) is 1.71. The van der Waals surface area contributed by atoms with Crippen LogP contribution in [-0.2, 0) is 0 Å². The van der Waals surface area contributed by atoms with Gasteiger partial charge in [0.2, 0.25) is 5.89 Å². The fourth-order valence-corrected chi connectivity index (χ4v) is 2.33. The minimum atomic E-state index is -0.452. The van der Waals surface area contributed by atoms with Crippen LogP contribution in [0.15, 0.2) is 51.7 Å². The lowest BCUT2D eigenvalue weighted by molar-refractivity contribution is 0.414. The minimum absolute atomic E-state index is 0.223. The normalized spacial score (nSPS) is 11.7. The Morgan fingerprint density at radius 2 is 2.04 bits per heavy atom. The summed E-state index contributed by atoms with van der Waals surface area (Å²) in [6.45, 7) is 1.91. The van der Waals surface area contributed by atoms with E-state index in [1.165, 1.54) is 0 Å². The summed E-state index contributed by atoms with van der Waals surface area (Å²) >= 11 is 0. The number of hydrogen-bond acceptors (Lipinski definition) is 5. The molecule has 3 aromatic rings. The molecule has 5 nitrogen and oxygen atoms in total. The van der Waals surface area contributed by atoms with E-state index >= 15 is 0 Å². The van der Waals surface area contributed by atoms with Crippen LogP contribution in [-0.4, -0.2) is 12.1 Å². The Morgan fingerprint density at radius 1 is 1.26 bits per heavy atom. The van der Waals surface area contributed by atoms with Gasteiger partial charge in [0.1, 0.15) is 11.3 Å². The number of hydrogen-bond donors (Lipinski definition) is 1. The standard InChI is InChI=1S/C18H16N2O3/c1-11(12-5-3-6-13(10-12)22-2)9-16-20-17-14(18(21)23-16)7-4-8-15(17)19/h3-10H,19H2,1-2H3/b11-9+. The molecule has 0 spiro atoms. The molecule has 0 amide bonds. The highest BCUT2D eigenvalue weighted by Crippen LogP contribution is 2.22. The average Bonchev–Trinajstić information content (AvgIpc) is 2.56. The van der Waals surface area contributed by atoms with Crippen molar-refractivity contribution < 1.29 is 9.15 Å². The molecule has 2 aromatic carbocycles. The van der Waals surface area contributed by atoms with Gasteiger partial charge >= 0.3 is 5.63 Å². The summed E-state index contributed by atoms with van der Waals surface area (Å²) in [4.78, 5) is 16.4. The molecule has 0 radical (unpaired) electrons. The van der Waals surface area contributed by atoms with Gasteiger partial charge in [0, 0.05) is 6.08 Å². The molecule has 0 aliphatic rings. The van der Waals surface area contributed by atoms with Gasteiger partial charge in [0.25, 0.3) is 0 Å². The molecule has 0 unspecified atom stereocenters. The molecule has 3 rings (SSSR count). The lowest BCUT2D eigenvalue weighted by Crippen LogP contribution is -2.04. The molecular weight excluding hydrogens is 292 g/mol. The van der Waals surface area contributed by atoms with E-state index in [1.807, 2.05) is 31.2 Å². The number of allylic oxidation sites excluding steroid dienone is 1. The highest BCUT2D eigenvalue weighted by molar-refractivity contribution is 5.89. The fraction of sp³-hybridized carbons (Fsp3) is 0.111. The number of aromatic nitrogens is 1. The van der Waals surface area contributed by atoms with Gasteiger partial charge in [-0.3, -0.25) is 0 Å². The van der Waals surface area contributed by atoms with Gasteiger partial charge in [-0.25, -0.2) is 9.78 Å². The summed E-state index contributed by atoms with van der Waals surface area (Å²) in [6, 6.07) is 12.7. The van der Waals surface area contributed by atoms with Crippen molar-refractivity contribution in [2.45, 2.75) is 6.92 Å². The molecule has 0 saturated heterocycles. The minimum Gasteiger partial charge on any atom is -0.497 e. The SMILES string of the molecule is COc1cccc(/C(C)=C/c2nc3c(N)cccc3c(=O)o2)c1. The summed E-state index contributed by atoms with van der Waals surface area (Å²) < 4.78 is 10.5. The Kier molecular flexibility index (Phi) is 3.85. The lowest BCUT2D eigenvalue weighted by Gasteiger charge is -2.05. The summed E-state index contributed by atoms with van der Waals surface area (Å²) in [5, 5.41) is 0.376. The predicted molar refractivity (Wildman–Crippen MR) is 91.2 cm³/mol. The second kappa shape index (κ2) is 5.96. The first-order valence-electron chi connectivity index (χ1n) is 7.10. The summed E-state index contributed by atoms with van der Waals surface area (Å²) in [5.74, 6) is 0.980. The zero-order valence-corrected chi connectivity index (χ0v) is 12.9. The maximum atomic E-state index is 12.1. The van der Waals surface area contributed by atoms with E-state index in [-0.39, 0.29) is 5.89 Å². The molecule has 5 heteroatoms. The molecule has 0 bridgehead atoms. The van der Waals surface area contributed by atoms with Gasteiger partial charge in [-0.2, -0.15) is 0 Å². The number of benzene rings is 2. The number of para-hydroxylation sites is 1. The van der Waals surface area contributed by atoms with Crippen molar-refractivity contribution >= 4 is 28.2 Å². The Labute approximate surface area is 133 Å². The zero-order valence-electron chi connectivity index (χ0n) is 12.9. The van der Waals surface area contributed by atoms with E-state index in [1.54, 1.807) is 31.4 Å². The van der Waals surface area contributed by atoms with Crippen LogP contribution >= 0.6 is 0 Å². The Balaban J connectivity index is 2.09. The first-order valence-corrected chi connectivity index (χ1v) is 7.10. The zero-order chi connectivity index (χ0) is 16.4. The molecule has 23 heavy (non-hydrogen) atoms. The van der Waals surface area contributed by atoms with E-state index in [9.17, 15) is 4.79 Å². The monoisotopic (exact) mass is 308 g/mol. The third-order valence-corrected chi connectivity index (χ3v) is 3.57. The first kappa shape index (κ1) is 14.8. The van der Waals surface area contributed by atoms with Crippen LogP contribution in [0.5, 0.6) is 5.75 Å². The first-order chi connectivity index (χ1) is 11.1. The number of fused-ring (bicyclic) bond motifs is 1. The van der Waals surface area contributed by atoms with E-state index in [4.69, 9.17) is 14.9 Å². The Hall–Kier alpha value is -3.08. The van der Waals surface area contributed by atoms with E-state index < -0.39 is 5.63 Å². The van der Waals surface area contributed by atoms with Crippen molar-refractivity contribution in [3.63, 3.8) is 0 Å². The number of nitrogens with zero attached hydrogens (tertiary/aromatic N) is 1. The van der Waals surface area contributed by atoms with Crippen LogP contribution in [0.1, 0.15) is 18.4 Å². The van der Waals surface area contributed by atoms with Crippen molar-refractivity contribution in [3.05, 3.63) is 64.3 Å². The number of anilines is 1. The van der Waals surface area contributed by atoms with Crippen molar-refractivity contribution in [2.75, 3.05) is 12.8 Å². The molecule has 0 saturated carbocycles. The number of nitrogen functional groups attached to an aromatic ring is 1. The smallest absolute Gasteiger partial charge is 0.347 e. The maximum absolute atomic E-state index is 12.1. The van der Waals surface area contributed by atoms with Gasteiger partial charge in [-0.15, -0.1) is 0 Å². The topological polar surface area (TPSA) is 78.4 Å². The van der Waals surface area contributed by atoms with Crippen LogP contribution in [0.3, 0.4) is 0 Å². The highest BCUT2D eigenvalue weighted by atomic mass is 16.5. The van der Waals surface area contributed by atoms with E-state index in [0.717, 1.165) is 16.9 Å². The molecular formula is C18H16N2O3. The van der Waals surface area contributed by atoms with Crippen molar-refractivity contribution in [3.8, 4) is 5.75 Å². The second-order valence-corrected chi connectivity index (χ2v) is 5.14. The summed E-state index contributed by atoms with van der Waals surface area (Å²) in [5.41, 5.74) is 8.19. The Morgan fingerprint density at radius 3 is 2.83 bits per heavy atom. The molecule has 2 N–H and O–H groups in total. The number of nitrogens with two attached hydrogens (primary N) is 1.